The van der Waals surface area contributed by atoms with Gasteiger partial charge >= 0.3 is 6.03 Å². The van der Waals surface area contributed by atoms with E-state index in [0.717, 1.165) is 26.2 Å². The van der Waals surface area contributed by atoms with Crippen molar-refractivity contribution in [2.24, 2.45) is 0 Å². The second-order valence-electron chi connectivity index (χ2n) is 6.38. The summed E-state index contributed by atoms with van der Waals surface area (Å²) in [4.78, 5) is 18.7. The van der Waals surface area contributed by atoms with Gasteiger partial charge in [-0.2, -0.15) is 5.10 Å². The molecule has 1 fully saturated rings. The molecule has 2 aromatic rings. The van der Waals surface area contributed by atoms with E-state index in [1.54, 1.807) is 17.9 Å². The SMILES string of the molecule is Cc1nc(C2CCCCN2C(=O)Nc2cccc(C(C)(F)F)c2)n[nH]1. The van der Waals surface area contributed by atoms with Crippen LogP contribution < -0.4 is 5.32 Å². The average molecular weight is 349 g/mol. The lowest BCUT2D eigenvalue weighted by molar-refractivity contribution is 0.0175. The predicted molar refractivity (Wildman–Crippen MR) is 89.4 cm³/mol. The molecule has 2 heterocycles. The number of alkyl halides is 2. The Kier molecular flexibility index (Phi) is 4.69. The van der Waals surface area contributed by atoms with Crippen LogP contribution in [0.5, 0.6) is 0 Å². The van der Waals surface area contributed by atoms with Crippen molar-refractivity contribution in [3.63, 3.8) is 0 Å². The molecule has 1 aromatic carbocycles. The number of aryl methyl sites for hydroxylation is 1. The molecule has 0 bridgehead atoms. The van der Waals surface area contributed by atoms with Crippen LogP contribution in [-0.2, 0) is 5.92 Å². The fourth-order valence-electron chi connectivity index (χ4n) is 3.02. The number of anilines is 1. The van der Waals surface area contributed by atoms with Crippen molar-refractivity contribution in [1.82, 2.24) is 20.1 Å². The second-order valence-corrected chi connectivity index (χ2v) is 6.38. The van der Waals surface area contributed by atoms with E-state index in [0.29, 0.717) is 23.9 Å². The Morgan fingerprint density at radius 1 is 1.40 bits per heavy atom. The third-order valence-corrected chi connectivity index (χ3v) is 4.30. The van der Waals surface area contributed by atoms with Gasteiger partial charge in [0.05, 0.1) is 6.04 Å². The number of likely N-dealkylation sites (tertiary alicyclic amines) is 1. The highest BCUT2D eigenvalue weighted by molar-refractivity contribution is 5.89. The van der Waals surface area contributed by atoms with Crippen LogP contribution in [-0.4, -0.2) is 32.7 Å². The quantitative estimate of drug-likeness (QED) is 0.880. The highest BCUT2D eigenvalue weighted by atomic mass is 19.3. The van der Waals surface area contributed by atoms with Crippen molar-refractivity contribution in [2.75, 3.05) is 11.9 Å². The van der Waals surface area contributed by atoms with Gasteiger partial charge in [0.25, 0.3) is 5.92 Å². The van der Waals surface area contributed by atoms with Crippen molar-refractivity contribution >= 4 is 11.7 Å². The number of carbonyl (C=O) groups excluding carboxylic acids is 1. The summed E-state index contributed by atoms with van der Waals surface area (Å²) in [5.74, 6) is -1.68. The lowest BCUT2D eigenvalue weighted by atomic mass is 10.0. The van der Waals surface area contributed by atoms with Crippen LogP contribution >= 0.6 is 0 Å². The van der Waals surface area contributed by atoms with Gasteiger partial charge in [0.15, 0.2) is 5.82 Å². The van der Waals surface area contributed by atoms with Gasteiger partial charge in [0, 0.05) is 24.7 Å². The maximum Gasteiger partial charge on any atom is 0.322 e. The van der Waals surface area contributed by atoms with Gasteiger partial charge in [-0.25, -0.2) is 18.6 Å². The molecule has 1 aromatic heterocycles. The Hall–Kier alpha value is -2.51. The summed E-state index contributed by atoms with van der Waals surface area (Å²) in [6.07, 6.45) is 2.65. The minimum absolute atomic E-state index is 0.134. The summed E-state index contributed by atoms with van der Waals surface area (Å²) in [6, 6.07) is 5.21. The first-order chi connectivity index (χ1) is 11.8. The number of urea groups is 1. The zero-order valence-electron chi connectivity index (χ0n) is 14.2. The van der Waals surface area contributed by atoms with E-state index in [1.807, 2.05) is 0 Å². The van der Waals surface area contributed by atoms with Gasteiger partial charge in [-0.1, -0.05) is 12.1 Å². The Morgan fingerprint density at radius 2 is 2.20 bits per heavy atom. The first-order valence-corrected chi connectivity index (χ1v) is 8.29. The van der Waals surface area contributed by atoms with Crippen LogP contribution in [0.3, 0.4) is 0 Å². The topological polar surface area (TPSA) is 73.9 Å². The molecular formula is C17H21F2N5O. The highest BCUT2D eigenvalue weighted by Gasteiger charge is 2.31. The first kappa shape index (κ1) is 17.3. The number of rotatable bonds is 3. The van der Waals surface area contributed by atoms with E-state index in [-0.39, 0.29) is 17.6 Å². The average Bonchev–Trinajstić information content (AvgIpc) is 3.01. The number of carbonyl (C=O) groups is 1. The van der Waals surface area contributed by atoms with Crippen LogP contribution in [0, 0.1) is 6.92 Å². The number of hydrogen-bond donors (Lipinski definition) is 2. The molecule has 8 heteroatoms. The lowest BCUT2D eigenvalue weighted by Gasteiger charge is -2.34. The van der Waals surface area contributed by atoms with Gasteiger partial charge in [0.2, 0.25) is 0 Å². The van der Waals surface area contributed by atoms with Gasteiger partial charge in [0.1, 0.15) is 5.82 Å². The summed E-state index contributed by atoms with van der Waals surface area (Å²) in [6.45, 7) is 3.22. The number of H-pyrrole nitrogens is 1. The Labute approximate surface area is 144 Å². The molecule has 1 atom stereocenters. The molecule has 1 aliphatic heterocycles. The monoisotopic (exact) mass is 349 g/mol. The van der Waals surface area contributed by atoms with E-state index in [9.17, 15) is 13.6 Å². The molecule has 1 aliphatic rings. The van der Waals surface area contributed by atoms with E-state index >= 15 is 0 Å². The van der Waals surface area contributed by atoms with Crippen LogP contribution in [0.15, 0.2) is 24.3 Å². The van der Waals surface area contributed by atoms with Crippen LogP contribution in [0.25, 0.3) is 0 Å². The minimum Gasteiger partial charge on any atom is -0.314 e. The molecule has 2 amide bonds. The van der Waals surface area contributed by atoms with Gasteiger partial charge in [-0.05, 0) is 38.3 Å². The molecule has 1 saturated heterocycles. The lowest BCUT2D eigenvalue weighted by Crippen LogP contribution is -2.41. The number of aromatic amines is 1. The van der Waals surface area contributed by atoms with E-state index in [1.165, 1.54) is 18.2 Å². The van der Waals surface area contributed by atoms with E-state index in [2.05, 4.69) is 20.5 Å². The zero-order valence-corrected chi connectivity index (χ0v) is 14.2. The predicted octanol–water partition coefficient (Wildman–Crippen LogP) is 3.98. The molecule has 1 unspecified atom stereocenters. The summed E-state index contributed by atoms with van der Waals surface area (Å²) in [5, 5.41) is 9.68. The molecule has 3 rings (SSSR count). The number of aromatic nitrogens is 3. The summed E-state index contributed by atoms with van der Waals surface area (Å²) >= 11 is 0. The Bertz CT molecular complexity index is 755. The zero-order chi connectivity index (χ0) is 18.0. The van der Waals surface area contributed by atoms with Crippen molar-refractivity contribution < 1.29 is 13.6 Å². The third kappa shape index (κ3) is 3.94. The maximum absolute atomic E-state index is 13.5. The highest BCUT2D eigenvalue weighted by Crippen LogP contribution is 2.31. The standard InChI is InChI=1S/C17H21F2N5O/c1-11-20-15(23-22-11)14-8-3-4-9-24(14)16(25)21-13-7-5-6-12(10-13)17(2,18)19/h5-7,10,14H,3-4,8-9H2,1-2H3,(H,21,25)(H,20,22,23). The molecule has 0 aliphatic carbocycles. The first-order valence-electron chi connectivity index (χ1n) is 8.29. The number of hydrogen-bond acceptors (Lipinski definition) is 3. The van der Waals surface area contributed by atoms with Crippen molar-refractivity contribution in [3.05, 3.63) is 41.5 Å². The minimum atomic E-state index is -2.95. The summed E-state index contributed by atoms with van der Waals surface area (Å²) < 4.78 is 26.9. The number of halogens is 2. The second kappa shape index (κ2) is 6.78. The summed E-state index contributed by atoms with van der Waals surface area (Å²) in [7, 11) is 0. The van der Waals surface area contributed by atoms with Crippen molar-refractivity contribution in [1.29, 1.82) is 0 Å². The number of piperidine rings is 1. The molecule has 134 valence electrons. The third-order valence-electron chi connectivity index (χ3n) is 4.30. The van der Waals surface area contributed by atoms with Gasteiger partial charge in [-0.15, -0.1) is 0 Å². The number of benzene rings is 1. The number of nitrogens with zero attached hydrogens (tertiary/aromatic N) is 3. The molecule has 6 nitrogen and oxygen atoms in total. The van der Waals surface area contributed by atoms with Crippen LogP contribution in [0.4, 0.5) is 19.3 Å². The molecule has 0 saturated carbocycles. The van der Waals surface area contributed by atoms with Crippen molar-refractivity contribution in [3.8, 4) is 0 Å². The van der Waals surface area contributed by atoms with Gasteiger partial charge in [-0.3, -0.25) is 5.10 Å². The van der Waals surface area contributed by atoms with E-state index < -0.39 is 5.92 Å². The van der Waals surface area contributed by atoms with Gasteiger partial charge < -0.3 is 10.2 Å². The number of amides is 2. The largest absolute Gasteiger partial charge is 0.322 e. The van der Waals surface area contributed by atoms with Crippen LogP contribution in [0.2, 0.25) is 0 Å². The smallest absolute Gasteiger partial charge is 0.314 e. The Morgan fingerprint density at radius 3 is 2.88 bits per heavy atom. The normalized spacial score (nSPS) is 18.2. The fourth-order valence-corrected chi connectivity index (χ4v) is 3.02. The van der Waals surface area contributed by atoms with Crippen LogP contribution in [0.1, 0.15) is 49.4 Å². The van der Waals surface area contributed by atoms with E-state index in [4.69, 9.17) is 0 Å². The molecular weight excluding hydrogens is 328 g/mol. The summed E-state index contributed by atoms with van der Waals surface area (Å²) in [5.41, 5.74) is 0.213. The Balaban J connectivity index is 1.77. The number of nitrogens with one attached hydrogen (secondary N) is 2. The fraction of sp³-hybridized carbons (Fsp3) is 0.471. The maximum atomic E-state index is 13.5. The van der Waals surface area contributed by atoms with Crippen molar-refractivity contribution in [2.45, 2.75) is 45.1 Å². The molecule has 0 radical (unpaired) electrons. The molecule has 25 heavy (non-hydrogen) atoms. The molecule has 0 spiro atoms. The molecule has 2 N–H and O–H groups in total.